The second kappa shape index (κ2) is 4.50. The van der Waals surface area contributed by atoms with Crippen molar-refractivity contribution in [3.8, 4) is 5.75 Å². The third-order valence-electron chi connectivity index (χ3n) is 1.93. The molecule has 1 amide bonds. The van der Waals surface area contributed by atoms with Gasteiger partial charge in [-0.1, -0.05) is 12.1 Å². The predicted molar refractivity (Wildman–Crippen MR) is 52.6 cm³/mol. The van der Waals surface area contributed by atoms with E-state index < -0.39 is 6.09 Å². The molecule has 1 aromatic carbocycles. The Morgan fingerprint density at radius 1 is 1.57 bits per heavy atom. The van der Waals surface area contributed by atoms with E-state index in [1.807, 2.05) is 18.2 Å². The molecule has 0 bridgehead atoms. The van der Waals surface area contributed by atoms with Crippen molar-refractivity contribution < 1.29 is 14.6 Å². The van der Waals surface area contributed by atoms with Crippen LogP contribution < -0.4 is 10.1 Å². The van der Waals surface area contributed by atoms with Crippen LogP contribution in [0.5, 0.6) is 5.75 Å². The monoisotopic (exact) mass is 195 g/mol. The van der Waals surface area contributed by atoms with Gasteiger partial charge in [-0.25, -0.2) is 4.79 Å². The minimum Gasteiger partial charge on any atom is -0.497 e. The molecule has 0 heterocycles. The summed E-state index contributed by atoms with van der Waals surface area (Å²) in [5.74, 6) is 0.724. The van der Waals surface area contributed by atoms with Crippen LogP contribution in [-0.2, 0) is 0 Å². The fourth-order valence-corrected chi connectivity index (χ4v) is 1.18. The molecule has 0 spiro atoms. The number of rotatable bonds is 3. The zero-order valence-corrected chi connectivity index (χ0v) is 8.15. The maximum Gasteiger partial charge on any atom is 0.405 e. The third kappa shape index (κ3) is 2.65. The van der Waals surface area contributed by atoms with Crippen molar-refractivity contribution in [2.24, 2.45) is 0 Å². The molecule has 0 saturated heterocycles. The minimum absolute atomic E-state index is 0.234. The Balaban J connectivity index is 2.78. The van der Waals surface area contributed by atoms with Gasteiger partial charge >= 0.3 is 6.09 Å². The topological polar surface area (TPSA) is 58.6 Å². The van der Waals surface area contributed by atoms with Crippen LogP contribution in [0.2, 0.25) is 0 Å². The molecule has 0 aliphatic rings. The first-order valence-electron chi connectivity index (χ1n) is 4.27. The second-order valence-corrected chi connectivity index (χ2v) is 2.95. The van der Waals surface area contributed by atoms with Gasteiger partial charge < -0.3 is 15.2 Å². The van der Waals surface area contributed by atoms with Crippen molar-refractivity contribution in [3.63, 3.8) is 0 Å². The highest BCUT2D eigenvalue weighted by atomic mass is 16.5. The van der Waals surface area contributed by atoms with Crippen LogP contribution in [0.1, 0.15) is 18.5 Å². The van der Waals surface area contributed by atoms with Gasteiger partial charge in [0.1, 0.15) is 5.75 Å². The van der Waals surface area contributed by atoms with Crippen molar-refractivity contribution in [2.45, 2.75) is 13.0 Å². The molecule has 0 aromatic heterocycles. The molecular formula is C10H13NO3. The number of hydrogen-bond acceptors (Lipinski definition) is 2. The predicted octanol–water partition coefficient (Wildman–Crippen LogP) is 2.02. The quantitative estimate of drug-likeness (QED) is 0.775. The number of carbonyl (C=O) groups is 1. The molecular weight excluding hydrogens is 182 g/mol. The summed E-state index contributed by atoms with van der Waals surface area (Å²) >= 11 is 0. The summed E-state index contributed by atoms with van der Waals surface area (Å²) in [7, 11) is 1.58. The Morgan fingerprint density at radius 2 is 2.29 bits per heavy atom. The average molecular weight is 195 g/mol. The van der Waals surface area contributed by atoms with Crippen molar-refractivity contribution in [2.75, 3.05) is 7.11 Å². The molecule has 0 aliphatic carbocycles. The second-order valence-electron chi connectivity index (χ2n) is 2.95. The molecule has 0 radical (unpaired) electrons. The number of nitrogens with one attached hydrogen (secondary N) is 1. The SMILES string of the molecule is COc1cccc(C(C)NC(=O)O)c1. The van der Waals surface area contributed by atoms with Crippen LogP contribution in [-0.4, -0.2) is 18.3 Å². The molecule has 1 rings (SSSR count). The number of ether oxygens (including phenoxy) is 1. The lowest BCUT2D eigenvalue weighted by atomic mass is 10.1. The lowest BCUT2D eigenvalue weighted by Crippen LogP contribution is -2.24. The molecule has 1 unspecified atom stereocenters. The van der Waals surface area contributed by atoms with Gasteiger partial charge in [-0.05, 0) is 24.6 Å². The van der Waals surface area contributed by atoms with E-state index in [4.69, 9.17) is 9.84 Å². The maximum absolute atomic E-state index is 10.4. The summed E-state index contributed by atoms with van der Waals surface area (Å²) in [6, 6.07) is 7.07. The third-order valence-corrected chi connectivity index (χ3v) is 1.93. The normalized spacial score (nSPS) is 11.9. The molecule has 1 atom stereocenters. The molecule has 1 aromatic rings. The smallest absolute Gasteiger partial charge is 0.405 e. The molecule has 2 N–H and O–H groups in total. The Bertz CT molecular complexity index is 325. The van der Waals surface area contributed by atoms with Crippen LogP contribution >= 0.6 is 0 Å². The molecule has 0 saturated carbocycles. The van der Waals surface area contributed by atoms with E-state index in [1.54, 1.807) is 20.1 Å². The molecule has 14 heavy (non-hydrogen) atoms. The van der Waals surface area contributed by atoms with Crippen LogP contribution in [0, 0.1) is 0 Å². The zero-order chi connectivity index (χ0) is 10.6. The first kappa shape index (κ1) is 10.4. The number of carboxylic acid groups (broad SMARTS) is 1. The lowest BCUT2D eigenvalue weighted by Gasteiger charge is -2.12. The number of benzene rings is 1. The van der Waals surface area contributed by atoms with Gasteiger partial charge in [0.25, 0.3) is 0 Å². The van der Waals surface area contributed by atoms with Gasteiger partial charge in [-0.3, -0.25) is 0 Å². The average Bonchev–Trinajstić information content (AvgIpc) is 2.17. The molecule has 0 aliphatic heterocycles. The summed E-state index contributed by atoms with van der Waals surface area (Å²) in [6.45, 7) is 1.78. The molecule has 76 valence electrons. The van der Waals surface area contributed by atoms with Crippen LogP contribution in [0.3, 0.4) is 0 Å². The van der Waals surface area contributed by atoms with E-state index in [0.29, 0.717) is 0 Å². The standard InChI is InChI=1S/C10H13NO3/c1-7(11-10(12)13)8-4-3-5-9(6-8)14-2/h3-7,11H,1-2H3,(H,12,13). The highest BCUT2D eigenvalue weighted by Gasteiger charge is 2.08. The summed E-state index contributed by atoms with van der Waals surface area (Å²) in [5.41, 5.74) is 0.881. The Morgan fingerprint density at radius 3 is 2.86 bits per heavy atom. The van der Waals surface area contributed by atoms with Gasteiger partial charge in [-0.2, -0.15) is 0 Å². The van der Waals surface area contributed by atoms with Crippen molar-refractivity contribution in [3.05, 3.63) is 29.8 Å². The fraction of sp³-hybridized carbons (Fsp3) is 0.300. The lowest BCUT2D eigenvalue weighted by molar-refractivity contribution is 0.191. The van der Waals surface area contributed by atoms with Crippen LogP contribution in [0.4, 0.5) is 4.79 Å². The van der Waals surface area contributed by atoms with E-state index in [0.717, 1.165) is 11.3 Å². The van der Waals surface area contributed by atoms with Gasteiger partial charge in [0.2, 0.25) is 0 Å². The van der Waals surface area contributed by atoms with Crippen molar-refractivity contribution >= 4 is 6.09 Å². The summed E-state index contributed by atoms with van der Waals surface area (Å²) in [6.07, 6.45) is -1.03. The van der Waals surface area contributed by atoms with E-state index in [-0.39, 0.29) is 6.04 Å². The first-order valence-corrected chi connectivity index (χ1v) is 4.27. The maximum atomic E-state index is 10.4. The number of hydrogen-bond donors (Lipinski definition) is 2. The van der Waals surface area contributed by atoms with E-state index >= 15 is 0 Å². The van der Waals surface area contributed by atoms with E-state index in [2.05, 4.69) is 5.32 Å². The van der Waals surface area contributed by atoms with E-state index in [9.17, 15) is 4.79 Å². The van der Waals surface area contributed by atoms with Crippen LogP contribution in [0.25, 0.3) is 0 Å². The van der Waals surface area contributed by atoms with E-state index in [1.165, 1.54) is 0 Å². The minimum atomic E-state index is -1.03. The van der Waals surface area contributed by atoms with Crippen LogP contribution in [0.15, 0.2) is 24.3 Å². The van der Waals surface area contributed by atoms with Gasteiger partial charge in [0, 0.05) is 0 Å². The Kier molecular flexibility index (Phi) is 3.34. The van der Waals surface area contributed by atoms with Crippen molar-refractivity contribution in [1.82, 2.24) is 5.32 Å². The first-order chi connectivity index (χ1) is 6.63. The summed E-state index contributed by atoms with van der Waals surface area (Å²) in [4.78, 5) is 10.4. The van der Waals surface area contributed by atoms with Gasteiger partial charge in [0.05, 0.1) is 13.2 Å². The highest BCUT2D eigenvalue weighted by molar-refractivity contribution is 5.65. The fourth-order valence-electron chi connectivity index (χ4n) is 1.18. The van der Waals surface area contributed by atoms with Gasteiger partial charge in [-0.15, -0.1) is 0 Å². The Labute approximate surface area is 82.5 Å². The summed E-state index contributed by atoms with van der Waals surface area (Å²) < 4.78 is 5.03. The Hall–Kier alpha value is -1.71. The van der Waals surface area contributed by atoms with Gasteiger partial charge in [0.15, 0.2) is 0 Å². The highest BCUT2D eigenvalue weighted by Crippen LogP contribution is 2.18. The zero-order valence-electron chi connectivity index (χ0n) is 8.15. The van der Waals surface area contributed by atoms with Crippen molar-refractivity contribution in [1.29, 1.82) is 0 Å². The largest absolute Gasteiger partial charge is 0.497 e. The molecule has 4 heteroatoms. The number of methoxy groups -OCH3 is 1. The number of amides is 1. The summed E-state index contributed by atoms with van der Waals surface area (Å²) in [5, 5.41) is 10.9. The molecule has 4 nitrogen and oxygen atoms in total. The molecule has 0 fully saturated rings.